The van der Waals surface area contributed by atoms with Gasteiger partial charge in [-0.3, -0.25) is 13.9 Å². The van der Waals surface area contributed by atoms with E-state index in [9.17, 15) is 14.0 Å². The van der Waals surface area contributed by atoms with Crippen LogP contribution in [0.5, 0.6) is 5.75 Å². The van der Waals surface area contributed by atoms with Crippen LogP contribution in [-0.4, -0.2) is 28.2 Å². The van der Waals surface area contributed by atoms with Crippen LogP contribution in [0, 0.1) is 5.82 Å². The summed E-state index contributed by atoms with van der Waals surface area (Å²) in [6.07, 6.45) is 0.174. The standard InChI is InChI=1S/C19H20FN3O3/c1-22-15-7-3-4-8-16(15)23(19(22)25)12-10-18(24)21-11-13-26-17-9-5-2-6-14(17)20/h2-9H,10-13H2,1H3,(H,21,24). The fourth-order valence-electron chi connectivity index (χ4n) is 2.79. The smallest absolute Gasteiger partial charge is 0.328 e. The van der Waals surface area contributed by atoms with Crippen molar-refractivity contribution in [1.29, 1.82) is 0 Å². The van der Waals surface area contributed by atoms with E-state index in [0.717, 1.165) is 11.0 Å². The third-order valence-corrected chi connectivity index (χ3v) is 4.13. The summed E-state index contributed by atoms with van der Waals surface area (Å²) in [6, 6.07) is 13.6. The number of amides is 1. The number of aromatic nitrogens is 2. The molecule has 6 nitrogen and oxygen atoms in total. The molecular formula is C19H20FN3O3. The fraction of sp³-hybridized carbons (Fsp3) is 0.263. The Morgan fingerprint density at radius 2 is 1.81 bits per heavy atom. The molecule has 0 aliphatic rings. The van der Waals surface area contributed by atoms with E-state index in [1.807, 2.05) is 24.3 Å². The van der Waals surface area contributed by atoms with E-state index in [2.05, 4.69) is 5.32 Å². The fourth-order valence-corrected chi connectivity index (χ4v) is 2.79. The number of nitrogens with zero attached hydrogens (tertiary/aromatic N) is 2. The second-order valence-corrected chi connectivity index (χ2v) is 5.86. The van der Waals surface area contributed by atoms with Crippen LogP contribution < -0.4 is 15.7 Å². The number of para-hydroxylation sites is 3. The number of aryl methyl sites for hydroxylation is 2. The lowest BCUT2D eigenvalue weighted by molar-refractivity contribution is -0.121. The summed E-state index contributed by atoms with van der Waals surface area (Å²) in [4.78, 5) is 24.3. The van der Waals surface area contributed by atoms with Crippen LogP contribution in [0.2, 0.25) is 0 Å². The molecule has 0 saturated carbocycles. The van der Waals surface area contributed by atoms with E-state index in [-0.39, 0.29) is 36.9 Å². The Morgan fingerprint density at radius 1 is 1.12 bits per heavy atom. The highest BCUT2D eigenvalue weighted by Gasteiger charge is 2.11. The van der Waals surface area contributed by atoms with E-state index >= 15 is 0 Å². The molecule has 2 aromatic carbocycles. The quantitative estimate of drug-likeness (QED) is 0.659. The van der Waals surface area contributed by atoms with Gasteiger partial charge in [0.1, 0.15) is 6.61 Å². The number of halogens is 1. The second-order valence-electron chi connectivity index (χ2n) is 5.86. The minimum absolute atomic E-state index is 0.151. The first kappa shape index (κ1) is 17.7. The van der Waals surface area contributed by atoms with Gasteiger partial charge in [-0.2, -0.15) is 0 Å². The van der Waals surface area contributed by atoms with E-state index < -0.39 is 5.82 Å². The molecule has 0 spiro atoms. The van der Waals surface area contributed by atoms with Gasteiger partial charge in [-0.05, 0) is 24.3 Å². The largest absolute Gasteiger partial charge is 0.489 e. The first-order valence-electron chi connectivity index (χ1n) is 8.36. The predicted molar refractivity (Wildman–Crippen MR) is 96.7 cm³/mol. The molecule has 0 aliphatic heterocycles. The molecule has 1 amide bonds. The number of nitrogens with one attached hydrogen (secondary N) is 1. The molecule has 0 unspecified atom stereocenters. The molecule has 0 radical (unpaired) electrons. The number of carbonyl (C=O) groups is 1. The maximum absolute atomic E-state index is 13.4. The van der Waals surface area contributed by atoms with Crippen molar-refractivity contribution >= 4 is 16.9 Å². The Kier molecular flexibility index (Phi) is 5.36. The molecule has 1 N–H and O–H groups in total. The molecule has 3 rings (SSSR count). The average Bonchev–Trinajstić information content (AvgIpc) is 2.89. The first-order valence-corrected chi connectivity index (χ1v) is 8.36. The van der Waals surface area contributed by atoms with Crippen molar-refractivity contribution in [2.24, 2.45) is 7.05 Å². The van der Waals surface area contributed by atoms with Crippen LogP contribution in [0.25, 0.3) is 11.0 Å². The van der Waals surface area contributed by atoms with Crippen molar-refractivity contribution < 1.29 is 13.9 Å². The molecule has 0 saturated heterocycles. The van der Waals surface area contributed by atoms with Gasteiger partial charge in [0.15, 0.2) is 11.6 Å². The van der Waals surface area contributed by atoms with Gasteiger partial charge < -0.3 is 10.1 Å². The summed E-state index contributed by atoms with van der Waals surface area (Å²) in [7, 11) is 1.71. The molecule has 0 aliphatic carbocycles. The molecule has 1 heterocycles. The summed E-state index contributed by atoms with van der Waals surface area (Å²) in [5.74, 6) is -0.472. The summed E-state index contributed by atoms with van der Waals surface area (Å²) < 4.78 is 21.8. The molecule has 0 atom stereocenters. The Bertz CT molecular complexity index is 978. The lowest BCUT2D eigenvalue weighted by Gasteiger charge is -2.08. The highest BCUT2D eigenvalue weighted by Crippen LogP contribution is 2.15. The number of ether oxygens (including phenoxy) is 1. The highest BCUT2D eigenvalue weighted by molar-refractivity contribution is 5.77. The zero-order valence-electron chi connectivity index (χ0n) is 14.4. The van der Waals surface area contributed by atoms with E-state index in [1.165, 1.54) is 12.1 Å². The number of hydrogen-bond donors (Lipinski definition) is 1. The predicted octanol–water partition coefficient (Wildman–Crippen LogP) is 2.06. The Hall–Kier alpha value is -3.09. The van der Waals surface area contributed by atoms with Crippen molar-refractivity contribution in [2.75, 3.05) is 13.2 Å². The first-order chi connectivity index (χ1) is 12.6. The lowest BCUT2D eigenvalue weighted by Crippen LogP contribution is -2.30. The van der Waals surface area contributed by atoms with E-state index in [1.54, 1.807) is 28.3 Å². The van der Waals surface area contributed by atoms with Gasteiger partial charge in [-0.15, -0.1) is 0 Å². The van der Waals surface area contributed by atoms with Crippen molar-refractivity contribution in [3.63, 3.8) is 0 Å². The zero-order chi connectivity index (χ0) is 18.5. The summed E-state index contributed by atoms with van der Waals surface area (Å²) in [5, 5.41) is 2.71. The van der Waals surface area contributed by atoms with E-state index in [0.29, 0.717) is 6.54 Å². The van der Waals surface area contributed by atoms with Gasteiger partial charge >= 0.3 is 5.69 Å². The normalized spacial score (nSPS) is 10.8. The monoisotopic (exact) mass is 357 g/mol. The molecule has 7 heteroatoms. The van der Waals surface area contributed by atoms with Crippen LogP contribution in [0.3, 0.4) is 0 Å². The molecule has 136 valence electrons. The van der Waals surface area contributed by atoms with Gasteiger partial charge in [0.05, 0.1) is 17.6 Å². The maximum atomic E-state index is 13.4. The molecular weight excluding hydrogens is 337 g/mol. The lowest BCUT2D eigenvalue weighted by atomic mass is 10.3. The van der Waals surface area contributed by atoms with Gasteiger partial charge in [-0.1, -0.05) is 24.3 Å². The average molecular weight is 357 g/mol. The number of rotatable bonds is 7. The van der Waals surface area contributed by atoms with Crippen LogP contribution in [0.15, 0.2) is 53.3 Å². The number of imidazole rings is 1. The number of fused-ring (bicyclic) bond motifs is 1. The minimum atomic E-state index is -0.436. The van der Waals surface area contributed by atoms with Crippen LogP contribution >= 0.6 is 0 Å². The van der Waals surface area contributed by atoms with Crippen molar-refractivity contribution in [1.82, 2.24) is 14.5 Å². The van der Waals surface area contributed by atoms with Crippen molar-refractivity contribution in [3.05, 3.63) is 64.8 Å². The zero-order valence-corrected chi connectivity index (χ0v) is 14.4. The summed E-state index contributed by atoms with van der Waals surface area (Å²) in [6.45, 7) is 0.721. The van der Waals surface area contributed by atoms with Crippen LogP contribution in [0.1, 0.15) is 6.42 Å². The number of benzene rings is 2. The van der Waals surface area contributed by atoms with Crippen LogP contribution in [0.4, 0.5) is 4.39 Å². The summed E-state index contributed by atoms with van der Waals surface area (Å²) in [5.41, 5.74) is 1.48. The molecule has 1 aromatic heterocycles. The maximum Gasteiger partial charge on any atom is 0.328 e. The molecule has 0 bridgehead atoms. The molecule has 3 aromatic rings. The third kappa shape index (κ3) is 3.77. The summed E-state index contributed by atoms with van der Waals surface area (Å²) >= 11 is 0. The van der Waals surface area contributed by atoms with Crippen molar-refractivity contribution in [2.45, 2.75) is 13.0 Å². The van der Waals surface area contributed by atoms with Gasteiger partial charge in [-0.25, -0.2) is 9.18 Å². The molecule has 0 fully saturated rings. The van der Waals surface area contributed by atoms with Crippen molar-refractivity contribution in [3.8, 4) is 5.75 Å². The number of carbonyl (C=O) groups excluding carboxylic acids is 1. The minimum Gasteiger partial charge on any atom is -0.489 e. The number of hydrogen-bond acceptors (Lipinski definition) is 3. The Labute approximate surface area is 149 Å². The molecule has 26 heavy (non-hydrogen) atoms. The topological polar surface area (TPSA) is 65.3 Å². The highest BCUT2D eigenvalue weighted by atomic mass is 19.1. The Morgan fingerprint density at radius 3 is 2.58 bits per heavy atom. The van der Waals surface area contributed by atoms with Gasteiger partial charge in [0.2, 0.25) is 5.91 Å². The van der Waals surface area contributed by atoms with E-state index in [4.69, 9.17) is 4.74 Å². The second kappa shape index (κ2) is 7.86. The van der Waals surface area contributed by atoms with Crippen LogP contribution in [-0.2, 0) is 18.4 Å². The third-order valence-electron chi connectivity index (χ3n) is 4.13. The van der Waals surface area contributed by atoms with Gasteiger partial charge in [0.25, 0.3) is 0 Å². The SMILES string of the molecule is Cn1c(=O)n(CCC(=O)NCCOc2ccccc2F)c2ccccc21. The Balaban J connectivity index is 1.50. The van der Waals surface area contributed by atoms with Gasteiger partial charge in [0, 0.05) is 20.0 Å².